The van der Waals surface area contributed by atoms with E-state index in [1.165, 1.54) is 29.2 Å². The Labute approximate surface area is 179 Å². The molecule has 1 amide bonds. The number of aryl methyl sites for hydroxylation is 1. The summed E-state index contributed by atoms with van der Waals surface area (Å²) in [6.45, 7) is 2.31. The highest BCUT2D eigenvalue weighted by atomic mass is 32.2. The van der Waals surface area contributed by atoms with Gasteiger partial charge in [-0.3, -0.25) is 18.6 Å². The second-order valence-electron chi connectivity index (χ2n) is 8.73. The standard InChI is InChI=1S/C22H27N5O2S/c1-14-7-9-15(10-8-14)26(16-11-12-16)19(28)13-30-22-24-23-21-25(2)20(29)17-5-3-4-6-18(17)27(21)22/h3-6,14-16H,7-13H2,1-2H3. The summed E-state index contributed by atoms with van der Waals surface area (Å²) >= 11 is 1.41. The summed E-state index contributed by atoms with van der Waals surface area (Å²) < 4.78 is 3.40. The van der Waals surface area contributed by atoms with Gasteiger partial charge in [-0.2, -0.15) is 0 Å². The van der Waals surface area contributed by atoms with Crippen LogP contribution in [0.1, 0.15) is 45.4 Å². The predicted octanol–water partition coefficient (Wildman–Crippen LogP) is 3.24. The van der Waals surface area contributed by atoms with Crippen LogP contribution >= 0.6 is 11.8 Å². The molecule has 2 aliphatic rings. The third-order valence-corrected chi connectivity index (χ3v) is 7.44. The van der Waals surface area contributed by atoms with Crippen LogP contribution in [0.4, 0.5) is 0 Å². The molecule has 0 aliphatic heterocycles. The maximum Gasteiger partial charge on any atom is 0.262 e. The van der Waals surface area contributed by atoms with Gasteiger partial charge in [-0.1, -0.05) is 30.8 Å². The molecule has 0 radical (unpaired) electrons. The summed E-state index contributed by atoms with van der Waals surface area (Å²) in [5, 5.41) is 9.81. The number of amides is 1. The Morgan fingerprint density at radius 1 is 1.10 bits per heavy atom. The number of thioether (sulfide) groups is 1. The van der Waals surface area contributed by atoms with E-state index >= 15 is 0 Å². The number of rotatable bonds is 5. The van der Waals surface area contributed by atoms with Crippen molar-refractivity contribution in [1.29, 1.82) is 0 Å². The van der Waals surface area contributed by atoms with Crippen molar-refractivity contribution in [3.8, 4) is 0 Å². The molecule has 3 aromatic rings. The van der Waals surface area contributed by atoms with Crippen molar-refractivity contribution < 1.29 is 4.79 Å². The molecular weight excluding hydrogens is 398 g/mol. The van der Waals surface area contributed by atoms with Gasteiger partial charge in [0.25, 0.3) is 5.56 Å². The predicted molar refractivity (Wildman–Crippen MR) is 118 cm³/mol. The molecule has 0 bridgehead atoms. The molecule has 7 nitrogen and oxygen atoms in total. The molecule has 0 saturated heterocycles. The lowest BCUT2D eigenvalue weighted by Gasteiger charge is -2.36. The molecule has 8 heteroatoms. The number of nitrogens with zero attached hydrogens (tertiary/aromatic N) is 5. The maximum atomic E-state index is 13.2. The molecule has 2 saturated carbocycles. The molecule has 2 heterocycles. The van der Waals surface area contributed by atoms with Gasteiger partial charge >= 0.3 is 0 Å². The Hall–Kier alpha value is -2.35. The average molecular weight is 426 g/mol. The minimum absolute atomic E-state index is 0.0930. The van der Waals surface area contributed by atoms with Gasteiger partial charge in [-0.15, -0.1) is 10.2 Å². The maximum absolute atomic E-state index is 13.2. The fraction of sp³-hybridized carbons (Fsp3) is 0.545. The molecule has 0 N–H and O–H groups in total. The average Bonchev–Trinajstić information content (AvgIpc) is 3.49. The molecule has 5 rings (SSSR count). The SMILES string of the molecule is CC1CCC(N(C(=O)CSc2nnc3n(C)c(=O)c4ccccc4n23)C2CC2)CC1. The summed E-state index contributed by atoms with van der Waals surface area (Å²) in [6, 6.07) is 8.29. The van der Waals surface area contributed by atoms with Gasteiger partial charge < -0.3 is 4.90 Å². The zero-order valence-electron chi connectivity index (χ0n) is 17.5. The van der Waals surface area contributed by atoms with Crippen molar-refractivity contribution in [2.75, 3.05) is 5.75 Å². The van der Waals surface area contributed by atoms with Crippen LogP contribution in [0, 0.1) is 5.92 Å². The second-order valence-corrected chi connectivity index (χ2v) is 9.68. The Morgan fingerprint density at radius 3 is 2.47 bits per heavy atom. The summed E-state index contributed by atoms with van der Waals surface area (Å²) in [6.07, 6.45) is 6.92. The van der Waals surface area contributed by atoms with Gasteiger partial charge in [0.15, 0.2) is 5.16 Å². The lowest BCUT2D eigenvalue weighted by Crippen LogP contribution is -2.44. The molecular formula is C22H27N5O2S. The van der Waals surface area contributed by atoms with Crippen molar-refractivity contribution >= 4 is 34.3 Å². The number of hydrogen-bond acceptors (Lipinski definition) is 5. The van der Waals surface area contributed by atoms with E-state index < -0.39 is 0 Å². The topological polar surface area (TPSA) is 72.5 Å². The van der Waals surface area contributed by atoms with Crippen molar-refractivity contribution in [3.05, 3.63) is 34.6 Å². The molecule has 158 valence electrons. The first-order valence-corrected chi connectivity index (χ1v) is 11.8. The van der Waals surface area contributed by atoms with Crippen LogP contribution in [0.15, 0.2) is 34.2 Å². The van der Waals surface area contributed by atoms with Gasteiger partial charge in [0.1, 0.15) is 0 Å². The zero-order valence-corrected chi connectivity index (χ0v) is 18.3. The number of carbonyl (C=O) groups is 1. The summed E-state index contributed by atoms with van der Waals surface area (Å²) in [4.78, 5) is 28.0. The van der Waals surface area contributed by atoms with E-state index in [1.54, 1.807) is 7.05 Å². The first-order valence-electron chi connectivity index (χ1n) is 10.8. The van der Waals surface area contributed by atoms with Gasteiger partial charge in [0.2, 0.25) is 11.7 Å². The lowest BCUT2D eigenvalue weighted by atomic mass is 9.86. The van der Waals surface area contributed by atoms with Crippen LogP contribution < -0.4 is 5.56 Å². The minimum atomic E-state index is -0.0930. The normalized spacial score (nSPS) is 21.9. The molecule has 1 aromatic carbocycles. The Kier molecular flexibility index (Phi) is 5.05. The number of fused-ring (bicyclic) bond motifs is 3. The van der Waals surface area contributed by atoms with Crippen LogP contribution in [0.5, 0.6) is 0 Å². The van der Waals surface area contributed by atoms with E-state index in [2.05, 4.69) is 22.0 Å². The van der Waals surface area contributed by atoms with E-state index in [4.69, 9.17) is 0 Å². The highest BCUT2D eigenvalue weighted by molar-refractivity contribution is 7.99. The van der Waals surface area contributed by atoms with Gasteiger partial charge in [0, 0.05) is 19.1 Å². The molecule has 30 heavy (non-hydrogen) atoms. The second kappa shape index (κ2) is 7.72. The monoisotopic (exact) mass is 425 g/mol. The summed E-state index contributed by atoms with van der Waals surface area (Å²) in [5.41, 5.74) is 0.681. The van der Waals surface area contributed by atoms with Crippen molar-refractivity contribution in [1.82, 2.24) is 24.1 Å². The van der Waals surface area contributed by atoms with Crippen LogP contribution in [-0.2, 0) is 11.8 Å². The Morgan fingerprint density at radius 2 is 1.77 bits per heavy atom. The minimum Gasteiger partial charge on any atom is -0.336 e. The van der Waals surface area contributed by atoms with E-state index in [9.17, 15) is 9.59 Å². The van der Waals surface area contributed by atoms with Gasteiger partial charge in [0.05, 0.1) is 16.7 Å². The number of para-hydroxylation sites is 1. The quantitative estimate of drug-likeness (QED) is 0.587. The Balaban J connectivity index is 1.41. The first-order chi connectivity index (χ1) is 14.5. The molecule has 2 aromatic heterocycles. The Bertz CT molecular complexity index is 1160. The number of carbonyl (C=O) groups excluding carboxylic acids is 1. The fourth-order valence-electron chi connectivity index (χ4n) is 4.68. The van der Waals surface area contributed by atoms with Gasteiger partial charge in [-0.25, -0.2) is 0 Å². The first kappa shape index (κ1) is 19.6. The van der Waals surface area contributed by atoms with Crippen LogP contribution in [0.2, 0.25) is 0 Å². The third kappa shape index (κ3) is 3.41. The van der Waals surface area contributed by atoms with Crippen LogP contribution in [-0.4, -0.2) is 47.8 Å². The smallest absolute Gasteiger partial charge is 0.262 e. The summed E-state index contributed by atoms with van der Waals surface area (Å²) in [5.74, 6) is 1.82. The van der Waals surface area contributed by atoms with E-state index in [1.807, 2.05) is 28.7 Å². The molecule has 2 aliphatic carbocycles. The van der Waals surface area contributed by atoms with Crippen molar-refractivity contribution in [3.63, 3.8) is 0 Å². The molecule has 0 atom stereocenters. The molecule has 0 unspecified atom stereocenters. The highest BCUT2D eigenvalue weighted by Crippen LogP contribution is 2.36. The summed E-state index contributed by atoms with van der Waals surface area (Å²) in [7, 11) is 1.71. The largest absolute Gasteiger partial charge is 0.336 e. The van der Waals surface area contributed by atoms with Gasteiger partial charge in [-0.05, 0) is 56.6 Å². The van der Waals surface area contributed by atoms with E-state index in [0.717, 1.165) is 37.1 Å². The van der Waals surface area contributed by atoms with E-state index in [-0.39, 0.29) is 11.5 Å². The van der Waals surface area contributed by atoms with Crippen LogP contribution in [0.25, 0.3) is 16.7 Å². The van der Waals surface area contributed by atoms with Crippen LogP contribution in [0.3, 0.4) is 0 Å². The highest BCUT2D eigenvalue weighted by Gasteiger charge is 2.38. The van der Waals surface area contributed by atoms with Crippen molar-refractivity contribution in [2.24, 2.45) is 13.0 Å². The number of aromatic nitrogens is 4. The lowest BCUT2D eigenvalue weighted by molar-refractivity contribution is -0.132. The molecule has 2 fully saturated rings. The number of benzene rings is 1. The van der Waals surface area contributed by atoms with Crippen molar-refractivity contribution in [2.45, 2.75) is 62.7 Å². The van der Waals surface area contributed by atoms with E-state index in [0.29, 0.717) is 34.2 Å². The number of hydrogen-bond donors (Lipinski definition) is 0. The third-order valence-electron chi connectivity index (χ3n) is 6.53. The fourth-order valence-corrected chi connectivity index (χ4v) is 5.49. The molecule has 0 spiro atoms. The zero-order chi connectivity index (χ0) is 20.8.